The van der Waals surface area contributed by atoms with Gasteiger partial charge >= 0.3 is 11.7 Å². The minimum Gasteiger partial charge on any atom is -0.489 e. The third-order valence-electron chi connectivity index (χ3n) is 3.45. The third-order valence-corrected chi connectivity index (χ3v) is 3.45. The number of carboxylic acids is 1. The van der Waals surface area contributed by atoms with Gasteiger partial charge in [-0.1, -0.05) is 26.7 Å². The first-order valence-corrected chi connectivity index (χ1v) is 8.30. The van der Waals surface area contributed by atoms with Gasteiger partial charge in [-0.3, -0.25) is 5.21 Å². The Morgan fingerprint density at radius 1 is 1.20 bits per heavy atom. The monoisotopic (exact) mass is 351 g/mol. The van der Waals surface area contributed by atoms with Gasteiger partial charge in [0.2, 0.25) is 5.75 Å². The van der Waals surface area contributed by atoms with Crippen LogP contribution in [0.25, 0.3) is 11.6 Å². The summed E-state index contributed by atoms with van der Waals surface area (Å²) in [6.07, 6.45) is 6.09. The molecular weight excluding hydrogens is 328 g/mol. The van der Waals surface area contributed by atoms with Gasteiger partial charge in [0.1, 0.15) is 6.26 Å². The highest BCUT2D eigenvalue weighted by molar-refractivity contribution is 5.85. The fourth-order valence-corrected chi connectivity index (χ4v) is 2.03. The van der Waals surface area contributed by atoms with Crippen molar-refractivity contribution in [3.8, 4) is 23.1 Å². The number of carbonyl (C=O) groups is 1. The van der Waals surface area contributed by atoms with Gasteiger partial charge in [0.15, 0.2) is 11.4 Å². The van der Waals surface area contributed by atoms with Gasteiger partial charge in [-0.05, 0) is 12.8 Å². The zero-order valence-electron chi connectivity index (χ0n) is 14.4. The molecule has 0 atom stereocenters. The lowest BCUT2D eigenvalue weighted by molar-refractivity contribution is -0.896. The Morgan fingerprint density at radius 3 is 2.40 bits per heavy atom. The highest BCUT2D eigenvalue weighted by Gasteiger charge is 2.26. The zero-order valence-corrected chi connectivity index (χ0v) is 14.4. The predicted molar refractivity (Wildman–Crippen MR) is 87.1 cm³/mol. The van der Waals surface area contributed by atoms with E-state index in [1.165, 1.54) is 12.3 Å². The highest BCUT2D eigenvalue weighted by Crippen LogP contribution is 2.30. The van der Waals surface area contributed by atoms with Crippen molar-refractivity contribution in [3.63, 3.8) is 0 Å². The Labute approximate surface area is 145 Å². The molecule has 0 saturated carbocycles. The van der Waals surface area contributed by atoms with Crippen LogP contribution in [0.5, 0.6) is 11.5 Å². The Bertz CT molecular complexity index is 713. The van der Waals surface area contributed by atoms with E-state index < -0.39 is 5.97 Å². The van der Waals surface area contributed by atoms with E-state index >= 15 is 0 Å². The summed E-state index contributed by atoms with van der Waals surface area (Å²) in [6.45, 7) is 5.11. The van der Waals surface area contributed by atoms with Crippen molar-refractivity contribution in [2.45, 2.75) is 39.5 Å². The molecule has 0 aliphatic rings. The quantitative estimate of drug-likeness (QED) is 0.385. The number of unbranched alkanes of at least 4 members (excludes halogenated alkanes) is 2. The van der Waals surface area contributed by atoms with Crippen molar-refractivity contribution in [3.05, 3.63) is 24.2 Å². The van der Waals surface area contributed by atoms with E-state index in [9.17, 15) is 10.0 Å². The van der Waals surface area contributed by atoms with Crippen LogP contribution >= 0.6 is 0 Å². The van der Waals surface area contributed by atoms with Crippen molar-refractivity contribution in [1.82, 2.24) is 4.98 Å². The molecule has 0 aliphatic carbocycles. The number of pyridine rings is 1. The fraction of sp³-hybridized carbons (Fsp3) is 0.471. The normalized spacial score (nSPS) is 10.6. The predicted octanol–water partition coefficient (Wildman–Crippen LogP) is 2.92. The van der Waals surface area contributed by atoms with Crippen molar-refractivity contribution in [1.29, 1.82) is 0 Å². The van der Waals surface area contributed by atoms with E-state index in [2.05, 4.69) is 18.8 Å². The van der Waals surface area contributed by atoms with Crippen LogP contribution in [0.15, 0.2) is 22.9 Å². The van der Waals surface area contributed by atoms with Crippen LogP contribution in [0.3, 0.4) is 0 Å². The number of carboxylic acid groups (broad SMARTS) is 1. The van der Waals surface area contributed by atoms with Crippen LogP contribution in [-0.2, 0) is 0 Å². The number of ether oxygens (including phenoxy) is 2. The number of rotatable bonds is 10. The molecule has 136 valence electrons. The summed E-state index contributed by atoms with van der Waals surface area (Å²) in [6, 6.07) is 1.52. The molecule has 0 aromatic carbocycles. The molecule has 25 heavy (non-hydrogen) atoms. The maximum Gasteiger partial charge on any atom is 0.357 e. The summed E-state index contributed by atoms with van der Waals surface area (Å²) in [5.74, 6) is -0.389. The van der Waals surface area contributed by atoms with Crippen LogP contribution in [-0.4, -0.2) is 34.5 Å². The van der Waals surface area contributed by atoms with E-state index in [1.807, 2.05) is 0 Å². The zero-order chi connectivity index (χ0) is 18.2. The van der Waals surface area contributed by atoms with Gasteiger partial charge in [0.05, 0.1) is 19.3 Å². The average Bonchev–Trinajstić information content (AvgIpc) is 3.07. The average molecular weight is 351 g/mol. The molecular formula is C17H23N2O6+. The summed E-state index contributed by atoms with van der Waals surface area (Å²) in [4.78, 5) is 14.8. The molecule has 0 amide bonds. The van der Waals surface area contributed by atoms with Crippen molar-refractivity contribution < 1.29 is 33.7 Å². The van der Waals surface area contributed by atoms with E-state index in [1.54, 1.807) is 0 Å². The summed E-state index contributed by atoms with van der Waals surface area (Å²) < 4.78 is 17.3. The molecule has 0 unspecified atom stereocenters. The van der Waals surface area contributed by atoms with Gasteiger partial charge in [-0.25, -0.2) is 4.79 Å². The van der Waals surface area contributed by atoms with Crippen LogP contribution in [0.4, 0.5) is 0 Å². The lowest BCUT2D eigenvalue weighted by atomic mass is 10.3. The molecule has 2 aromatic rings. The molecule has 2 heterocycles. The number of nitrogens with zero attached hydrogens (tertiary/aromatic N) is 2. The molecule has 0 fully saturated rings. The molecule has 2 N–H and O–H groups in total. The summed E-state index contributed by atoms with van der Waals surface area (Å²) in [5.41, 5.74) is -0.0754. The number of oxazole rings is 1. The first-order valence-electron chi connectivity index (χ1n) is 8.30. The Kier molecular flexibility index (Phi) is 6.62. The molecule has 0 bridgehead atoms. The van der Waals surface area contributed by atoms with E-state index in [0.717, 1.165) is 36.7 Å². The van der Waals surface area contributed by atoms with Gasteiger partial charge in [-0.2, -0.15) is 4.98 Å². The first-order chi connectivity index (χ1) is 12.1. The third kappa shape index (κ3) is 4.85. The number of aromatic nitrogens is 2. The number of hydrogen-bond donors (Lipinski definition) is 2. The van der Waals surface area contributed by atoms with Gasteiger partial charge in [0, 0.05) is 4.73 Å². The molecule has 0 radical (unpaired) electrons. The summed E-state index contributed by atoms with van der Waals surface area (Å²) in [5, 5.41) is 19.1. The van der Waals surface area contributed by atoms with Crippen LogP contribution in [0.2, 0.25) is 0 Å². The molecule has 8 nitrogen and oxygen atoms in total. The summed E-state index contributed by atoms with van der Waals surface area (Å²) in [7, 11) is 0. The standard InChI is InChI=1S/C17H22N2O6/c1-3-5-7-23-14-9-13(16-18-12(11-25-16)17(20)21)19(22)10-15(14)24-8-6-4-2/h9-11H,3-8H2,1-2H3,(H-,18,20,21,22)/p+1. The Balaban J connectivity index is 2.32. The number of hydrogen-bond acceptors (Lipinski definition) is 6. The second-order valence-electron chi connectivity index (χ2n) is 5.48. The summed E-state index contributed by atoms with van der Waals surface area (Å²) >= 11 is 0. The van der Waals surface area contributed by atoms with Crippen molar-refractivity contribution in [2.75, 3.05) is 13.2 Å². The van der Waals surface area contributed by atoms with Gasteiger partial charge in [-0.15, -0.1) is 0 Å². The Morgan fingerprint density at radius 2 is 1.84 bits per heavy atom. The molecule has 8 heteroatoms. The highest BCUT2D eigenvalue weighted by atomic mass is 16.5. The Hall–Kier alpha value is -2.77. The second kappa shape index (κ2) is 8.91. The van der Waals surface area contributed by atoms with E-state index in [0.29, 0.717) is 24.7 Å². The molecule has 2 rings (SSSR count). The van der Waals surface area contributed by atoms with E-state index in [-0.39, 0.29) is 17.3 Å². The van der Waals surface area contributed by atoms with Crippen LogP contribution in [0, 0.1) is 0 Å². The molecule has 0 spiro atoms. The minimum absolute atomic E-state index is 0.0275. The fourth-order valence-electron chi connectivity index (χ4n) is 2.03. The SMILES string of the molecule is CCCCOc1cc(-c2nc(C(=O)O)co2)[n+](O)cc1OCCCC. The van der Waals surface area contributed by atoms with Gasteiger partial charge in [0.25, 0.3) is 12.1 Å². The first kappa shape index (κ1) is 18.6. The minimum atomic E-state index is -1.21. The largest absolute Gasteiger partial charge is 0.489 e. The lowest BCUT2D eigenvalue weighted by Gasteiger charge is -2.11. The lowest BCUT2D eigenvalue weighted by Crippen LogP contribution is -2.33. The number of aromatic carboxylic acids is 1. The van der Waals surface area contributed by atoms with Crippen molar-refractivity contribution in [2.24, 2.45) is 0 Å². The molecule has 2 aromatic heterocycles. The topological polar surface area (TPSA) is 106 Å². The second-order valence-corrected chi connectivity index (χ2v) is 5.48. The van der Waals surface area contributed by atoms with Gasteiger partial charge < -0.3 is 19.0 Å². The molecule has 0 saturated heterocycles. The van der Waals surface area contributed by atoms with Crippen molar-refractivity contribution >= 4 is 5.97 Å². The maximum atomic E-state index is 10.9. The smallest absolute Gasteiger partial charge is 0.357 e. The maximum absolute atomic E-state index is 10.9. The van der Waals surface area contributed by atoms with Crippen LogP contribution < -0.4 is 14.2 Å². The van der Waals surface area contributed by atoms with Crippen LogP contribution in [0.1, 0.15) is 50.0 Å². The molecule has 0 aliphatic heterocycles. The van der Waals surface area contributed by atoms with E-state index in [4.69, 9.17) is 19.0 Å².